The fraction of sp³-hybridized carbons (Fsp3) is 0.583. The molecule has 0 aromatic carbocycles. The first-order chi connectivity index (χ1) is 8.16. The van der Waals surface area contributed by atoms with E-state index in [0.29, 0.717) is 6.54 Å². The standard InChI is InChI=1S/C12H19N3OS/c1-8-5-10(9(2)15-8)3-4-13-12(16)11-6-17-7-14-11/h5,11,14-15H,3-4,6-7H2,1-2H3,(H,13,16). The molecule has 2 heterocycles. The van der Waals surface area contributed by atoms with Crippen molar-refractivity contribution in [3.63, 3.8) is 0 Å². The molecular formula is C12H19N3OS. The van der Waals surface area contributed by atoms with Gasteiger partial charge in [0.2, 0.25) is 5.91 Å². The molecule has 17 heavy (non-hydrogen) atoms. The molecule has 3 N–H and O–H groups in total. The monoisotopic (exact) mass is 253 g/mol. The molecule has 1 atom stereocenters. The Morgan fingerprint density at radius 2 is 2.41 bits per heavy atom. The van der Waals surface area contributed by atoms with Gasteiger partial charge in [-0.25, -0.2) is 0 Å². The molecule has 5 heteroatoms. The van der Waals surface area contributed by atoms with Gasteiger partial charge in [0.1, 0.15) is 0 Å². The highest BCUT2D eigenvalue weighted by Crippen LogP contribution is 2.10. The topological polar surface area (TPSA) is 56.9 Å². The van der Waals surface area contributed by atoms with Gasteiger partial charge < -0.3 is 10.3 Å². The summed E-state index contributed by atoms with van der Waals surface area (Å²) in [7, 11) is 0. The number of aryl methyl sites for hydroxylation is 2. The minimum absolute atomic E-state index is 0.00550. The summed E-state index contributed by atoms with van der Waals surface area (Å²) in [6.07, 6.45) is 0.891. The number of nitrogens with one attached hydrogen (secondary N) is 3. The van der Waals surface area contributed by atoms with E-state index in [2.05, 4.69) is 35.5 Å². The maximum absolute atomic E-state index is 11.7. The smallest absolute Gasteiger partial charge is 0.238 e. The molecule has 0 bridgehead atoms. The molecule has 0 aliphatic carbocycles. The Balaban J connectivity index is 1.75. The third kappa shape index (κ3) is 3.26. The molecule has 1 aliphatic rings. The first-order valence-corrected chi connectivity index (χ1v) is 7.06. The van der Waals surface area contributed by atoms with Crippen LogP contribution in [0.5, 0.6) is 0 Å². The van der Waals surface area contributed by atoms with E-state index in [4.69, 9.17) is 0 Å². The van der Waals surface area contributed by atoms with Crippen molar-refractivity contribution in [2.24, 2.45) is 0 Å². The highest BCUT2D eigenvalue weighted by atomic mass is 32.2. The van der Waals surface area contributed by atoms with Crippen LogP contribution in [0.15, 0.2) is 6.07 Å². The molecule has 1 aromatic rings. The van der Waals surface area contributed by atoms with Gasteiger partial charge in [0.05, 0.1) is 6.04 Å². The molecule has 0 spiro atoms. The number of thioether (sulfide) groups is 1. The van der Waals surface area contributed by atoms with E-state index in [1.54, 1.807) is 11.8 Å². The zero-order valence-corrected chi connectivity index (χ0v) is 11.1. The lowest BCUT2D eigenvalue weighted by Gasteiger charge is -2.10. The number of hydrogen-bond acceptors (Lipinski definition) is 3. The number of H-pyrrole nitrogens is 1. The van der Waals surface area contributed by atoms with Crippen LogP contribution in [0.2, 0.25) is 0 Å². The Morgan fingerprint density at radius 1 is 1.59 bits per heavy atom. The highest BCUT2D eigenvalue weighted by Gasteiger charge is 2.21. The summed E-state index contributed by atoms with van der Waals surface area (Å²) in [6, 6.07) is 2.14. The fourth-order valence-corrected chi connectivity index (χ4v) is 2.99. The highest BCUT2D eigenvalue weighted by molar-refractivity contribution is 7.99. The molecule has 2 rings (SSSR count). The lowest BCUT2D eigenvalue weighted by Crippen LogP contribution is -2.42. The molecule has 0 radical (unpaired) electrons. The second-order valence-electron chi connectivity index (χ2n) is 4.42. The first kappa shape index (κ1) is 12.5. The van der Waals surface area contributed by atoms with Crippen molar-refractivity contribution in [2.45, 2.75) is 26.3 Å². The number of aromatic amines is 1. The van der Waals surface area contributed by atoms with Crippen LogP contribution in [-0.2, 0) is 11.2 Å². The van der Waals surface area contributed by atoms with Gasteiger partial charge in [0.15, 0.2) is 0 Å². The molecule has 1 unspecified atom stereocenters. The Bertz CT molecular complexity index is 396. The molecule has 1 aromatic heterocycles. The van der Waals surface area contributed by atoms with Gasteiger partial charge in [0, 0.05) is 29.6 Å². The predicted molar refractivity (Wildman–Crippen MR) is 71.2 cm³/mol. The van der Waals surface area contributed by atoms with E-state index in [1.807, 2.05) is 0 Å². The predicted octanol–water partition coefficient (Wildman–Crippen LogP) is 0.953. The lowest BCUT2D eigenvalue weighted by atomic mass is 10.2. The molecule has 1 aliphatic heterocycles. The second-order valence-corrected chi connectivity index (χ2v) is 5.45. The van der Waals surface area contributed by atoms with Crippen LogP contribution in [0.25, 0.3) is 0 Å². The number of rotatable bonds is 4. The van der Waals surface area contributed by atoms with Gasteiger partial charge in [-0.1, -0.05) is 0 Å². The van der Waals surface area contributed by atoms with Crippen molar-refractivity contribution in [3.05, 3.63) is 23.0 Å². The van der Waals surface area contributed by atoms with Gasteiger partial charge in [-0.2, -0.15) is 0 Å². The van der Waals surface area contributed by atoms with E-state index in [1.165, 1.54) is 17.0 Å². The van der Waals surface area contributed by atoms with Gasteiger partial charge in [-0.3, -0.25) is 10.1 Å². The molecule has 94 valence electrons. The number of carbonyl (C=O) groups excluding carboxylic acids is 1. The van der Waals surface area contributed by atoms with Crippen LogP contribution in [0.3, 0.4) is 0 Å². The normalized spacial score (nSPS) is 19.5. The summed E-state index contributed by atoms with van der Waals surface area (Å²) in [5, 5.41) is 6.15. The zero-order chi connectivity index (χ0) is 12.3. The number of aromatic nitrogens is 1. The molecule has 0 saturated carbocycles. The Kier molecular flexibility index (Phi) is 4.12. The van der Waals surface area contributed by atoms with Crippen molar-refractivity contribution in [1.82, 2.24) is 15.6 Å². The van der Waals surface area contributed by atoms with Crippen molar-refractivity contribution in [1.29, 1.82) is 0 Å². The number of carbonyl (C=O) groups is 1. The maximum atomic E-state index is 11.7. The van der Waals surface area contributed by atoms with Crippen LogP contribution in [0, 0.1) is 13.8 Å². The average molecular weight is 253 g/mol. The van der Waals surface area contributed by atoms with E-state index in [-0.39, 0.29) is 11.9 Å². The minimum atomic E-state index is -0.00550. The Labute approximate surface area is 106 Å². The summed E-state index contributed by atoms with van der Waals surface area (Å²) in [5.41, 5.74) is 3.67. The molecule has 4 nitrogen and oxygen atoms in total. The Morgan fingerprint density at radius 3 is 3.00 bits per heavy atom. The zero-order valence-electron chi connectivity index (χ0n) is 10.3. The number of hydrogen-bond donors (Lipinski definition) is 3. The van der Waals surface area contributed by atoms with Crippen LogP contribution < -0.4 is 10.6 Å². The Hall–Kier alpha value is -0.940. The van der Waals surface area contributed by atoms with Crippen molar-refractivity contribution >= 4 is 17.7 Å². The van der Waals surface area contributed by atoms with Crippen molar-refractivity contribution < 1.29 is 4.79 Å². The molecule has 1 fully saturated rings. The van der Waals surface area contributed by atoms with Crippen LogP contribution in [-0.4, -0.2) is 35.1 Å². The van der Waals surface area contributed by atoms with Gasteiger partial charge in [-0.05, 0) is 31.9 Å². The van der Waals surface area contributed by atoms with E-state index >= 15 is 0 Å². The van der Waals surface area contributed by atoms with Crippen LogP contribution in [0.4, 0.5) is 0 Å². The largest absolute Gasteiger partial charge is 0.362 e. The SMILES string of the molecule is Cc1cc(CCNC(=O)C2CSCN2)c(C)[nH]1. The van der Waals surface area contributed by atoms with E-state index in [0.717, 1.165) is 18.1 Å². The summed E-state index contributed by atoms with van der Waals surface area (Å²) in [5.74, 6) is 1.89. The quantitative estimate of drug-likeness (QED) is 0.749. The summed E-state index contributed by atoms with van der Waals surface area (Å²) < 4.78 is 0. The minimum Gasteiger partial charge on any atom is -0.362 e. The maximum Gasteiger partial charge on any atom is 0.238 e. The summed E-state index contributed by atoms with van der Waals surface area (Å²) >= 11 is 1.77. The lowest BCUT2D eigenvalue weighted by molar-refractivity contribution is -0.122. The van der Waals surface area contributed by atoms with E-state index in [9.17, 15) is 4.79 Å². The van der Waals surface area contributed by atoms with E-state index < -0.39 is 0 Å². The second kappa shape index (κ2) is 5.60. The third-order valence-corrected chi connectivity index (χ3v) is 3.92. The third-order valence-electron chi connectivity index (χ3n) is 2.98. The fourth-order valence-electron chi connectivity index (χ4n) is 2.05. The average Bonchev–Trinajstić information content (AvgIpc) is 2.89. The van der Waals surface area contributed by atoms with Crippen molar-refractivity contribution in [3.8, 4) is 0 Å². The molecular weight excluding hydrogens is 234 g/mol. The van der Waals surface area contributed by atoms with Crippen LogP contribution >= 0.6 is 11.8 Å². The van der Waals surface area contributed by atoms with Gasteiger partial charge in [0.25, 0.3) is 0 Å². The number of amides is 1. The van der Waals surface area contributed by atoms with Gasteiger partial charge in [-0.15, -0.1) is 11.8 Å². The van der Waals surface area contributed by atoms with Gasteiger partial charge >= 0.3 is 0 Å². The summed E-state index contributed by atoms with van der Waals surface area (Å²) in [6.45, 7) is 4.83. The molecule has 1 amide bonds. The van der Waals surface area contributed by atoms with Crippen LogP contribution in [0.1, 0.15) is 17.0 Å². The first-order valence-electron chi connectivity index (χ1n) is 5.91. The van der Waals surface area contributed by atoms with Crippen molar-refractivity contribution in [2.75, 3.05) is 18.2 Å². The molecule has 1 saturated heterocycles. The summed E-state index contributed by atoms with van der Waals surface area (Å²) in [4.78, 5) is 15.0.